The van der Waals surface area contributed by atoms with Crippen LogP contribution in [0.2, 0.25) is 0 Å². The van der Waals surface area contributed by atoms with Crippen LogP contribution >= 0.6 is 15.9 Å². The first-order chi connectivity index (χ1) is 16.6. The molecule has 7 nitrogen and oxygen atoms in total. The molecule has 9 heteroatoms. The number of aryl methyl sites for hydroxylation is 1. The summed E-state index contributed by atoms with van der Waals surface area (Å²) >= 11 is 3.35. The van der Waals surface area contributed by atoms with Crippen LogP contribution in [0.15, 0.2) is 82.2 Å². The van der Waals surface area contributed by atoms with Gasteiger partial charge in [-0.3, -0.25) is 13.9 Å². The van der Waals surface area contributed by atoms with Crippen LogP contribution in [0.3, 0.4) is 0 Å². The molecular formula is C26H28BrN3O4S. The van der Waals surface area contributed by atoms with Gasteiger partial charge in [0.15, 0.2) is 0 Å². The first-order valence-corrected chi connectivity index (χ1v) is 13.3. The minimum atomic E-state index is -4.04. The molecule has 0 aliphatic heterocycles. The SMILES string of the molecule is Cc1ccc(S(=O)(=O)N(CC(=O)Nc2ccccc2C(=O)NCC(C)C)c2ccc(Br)cc2)cc1. The highest BCUT2D eigenvalue weighted by Gasteiger charge is 2.27. The number of para-hydroxylation sites is 1. The Bertz CT molecular complexity index is 1290. The number of amides is 2. The summed E-state index contributed by atoms with van der Waals surface area (Å²) in [5, 5.41) is 5.54. The topological polar surface area (TPSA) is 95.6 Å². The summed E-state index contributed by atoms with van der Waals surface area (Å²) in [6, 6.07) is 19.7. The summed E-state index contributed by atoms with van der Waals surface area (Å²) in [7, 11) is -4.04. The number of nitrogens with zero attached hydrogens (tertiary/aromatic N) is 1. The average Bonchev–Trinajstić information content (AvgIpc) is 2.82. The van der Waals surface area contributed by atoms with Crippen molar-refractivity contribution in [2.24, 2.45) is 5.92 Å². The van der Waals surface area contributed by atoms with Gasteiger partial charge in [-0.15, -0.1) is 0 Å². The molecule has 0 radical (unpaired) electrons. The van der Waals surface area contributed by atoms with Crippen molar-refractivity contribution in [1.29, 1.82) is 0 Å². The lowest BCUT2D eigenvalue weighted by molar-refractivity contribution is -0.114. The van der Waals surface area contributed by atoms with Crippen LogP contribution in [0.5, 0.6) is 0 Å². The Morgan fingerprint density at radius 2 is 1.57 bits per heavy atom. The molecule has 0 heterocycles. The summed E-state index contributed by atoms with van der Waals surface area (Å²) < 4.78 is 28.9. The summed E-state index contributed by atoms with van der Waals surface area (Å²) in [4.78, 5) is 25.8. The van der Waals surface area contributed by atoms with Gasteiger partial charge in [0.25, 0.3) is 15.9 Å². The molecule has 0 saturated carbocycles. The van der Waals surface area contributed by atoms with E-state index in [0.717, 1.165) is 14.3 Å². The first-order valence-electron chi connectivity index (χ1n) is 11.1. The van der Waals surface area contributed by atoms with E-state index in [2.05, 4.69) is 26.6 Å². The predicted molar refractivity (Wildman–Crippen MR) is 142 cm³/mol. The highest BCUT2D eigenvalue weighted by molar-refractivity contribution is 9.10. The number of benzene rings is 3. The zero-order chi connectivity index (χ0) is 25.6. The minimum absolute atomic E-state index is 0.0762. The van der Waals surface area contributed by atoms with Crippen LogP contribution in [-0.4, -0.2) is 33.3 Å². The number of carbonyl (C=O) groups excluding carboxylic acids is 2. The zero-order valence-corrected chi connectivity index (χ0v) is 22.2. The van der Waals surface area contributed by atoms with Gasteiger partial charge in [-0.2, -0.15) is 0 Å². The van der Waals surface area contributed by atoms with Crippen molar-refractivity contribution in [2.75, 3.05) is 22.7 Å². The van der Waals surface area contributed by atoms with Crippen LogP contribution in [0.4, 0.5) is 11.4 Å². The Balaban J connectivity index is 1.89. The van der Waals surface area contributed by atoms with E-state index in [0.29, 0.717) is 23.5 Å². The highest BCUT2D eigenvalue weighted by Crippen LogP contribution is 2.26. The van der Waals surface area contributed by atoms with Gasteiger partial charge in [-0.1, -0.05) is 59.6 Å². The molecular weight excluding hydrogens is 530 g/mol. The number of nitrogens with one attached hydrogen (secondary N) is 2. The van der Waals surface area contributed by atoms with E-state index in [1.807, 2.05) is 20.8 Å². The number of anilines is 2. The van der Waals surface area contributed by atoms with Crippen molar-refractivity contribution >= 4 is 49.1 Å². The lowest BCUT2D eigenvalue weighted by atomic mass is 10.1. The van der Waals surface area contributed by atoms with Gasteiger partial charge in [-0.05, 0) is 61.4 Å². The van der Waals surface area contributed by atoms with Gasteiger partial charge in [0.2, 0.25) is 5.91 Å². The van der Waals surface area contributed by atoms with Crippen LogP contribution in [-0.2, 0) is 14.8 Å². The molecule has 0 aliphatic carbocycles. The fraction of sp³-hybridized carbons (Fsp3) is 0.231. The van der Waals surface area contributed by atoms with Gasteiger partial charge in [0.05, 0.1) is 21.8 Å². The van der Waals surface area contributed by atoms with Crippen molar-refractivity contribution in [3.63, 3.8) is 0 Å². The fourth-order valence-corrected chi connectivity index (χ4v) is 4.95. The molecule has 3 aromatic carbocycles. The molecule has 0 spiro atoms. The molecule has 0 aromatic heterocycles. The standard InChI is InChI=1S/C26H28BrN3O4S/c1-18(2)16-28-26(32)23-6-4-5-7-24(23)29-25(31)17-30(21-12-10-20(27)11-13-21)35(33,34)22-14-8-19(3)9-15-22/h4-15,18H,16-17H2,1-3H3,(H,28,32)(H,29,31). The maximum absolute atomic E-state index is 13.5. The van der Waals surface area contributed by atoms with Gasteiger partial charge >= 0.3 is 0 Å². The number of hydrogen-bond donors (Lipinski definition) is 2. The molecule has 35 heavy (non-hydrogen) atoms. The molecule has 0 unspecified atom stereocenters. The summed E-state index contributed by atoms with van der Waals surface area (Å²) in [5.41, 5.74) is 1.87. The molecule has 184 valence electrons. The molecule has 0 aliphatic rings. The van der Waals surface area contributed by atoms with Crippen molar-refractivity contribution < 1.29 is 18.0 Å². The largest absolute Gasteiger partial charge is 0.352 e. The lowest BCUT2D eigenvalue weighted by Gasteiger charge is -2.24. The minimum Gasteiger partial charge on any atom is -0.352 e. The second-order valence-corrected chi connectivity index (χ2v) is 11.3. The van der Waals surface area contributed by atoms with E-state index >= 15 is 0 Å². The fourth-order valence-electron chi connectivity index (χ4n) is 3.26. The van der Waals surface area contributed by atoms with Crippen LogP contribution in [0.1, 0.15) is 29.8 Å². The Labute approximate surface area is 214 Å². The number of rotatable bonds is 9. The van der Waals surface area contributed by atoms with Crippen LogP contribution in [0, 0.1) is 12.8 Å². The van der Waals surface area contributed by atoms with Crippen molar-refractivity contribution in [3.05, 3.63) is 88.4 Å². The Morgan fingerprint density at radius 1 is 0.943 bits per heavy atom. The normalized spacial score (nSPS) is 11.2. The van der Waals surface area contributed by atoms with E-state index in [4.69, 9.17) is 0 Å². The van der Waals surface area contributed by atoms with Gasteiger partial charge < -0.3 is 10.6 Å². The molecule has 0 fully saturated rings. The first kappa shape index (κ1) is 26.4. The number of halogens is 1. The van der Waals surface area contributed by atoms with Crippen molar-refractivity contribution in [3.8, 4) is 0 Å². The second kappa shape index (κ2) is 11.5. The predicted octanol–water partition coefficient (Wildman–Crippen LogP) is 4.98. The average molecular weight is 558 g/mol. The smallest absolute Gasteiger partial charge is 0.264 e. The third-order valence-corrected chi connectivity index (χ3v) is 7.44. The molecule has 2 N–H and O–H groups in total. The van der Waals surface area contributed by atoms with Crippen LogP contribution in [0.25, 0.3) is 0 Å². The monoisotopic (exact) mass is 557 g/mol. The molecule has 2 amide bonds. The van der Waals surface area contributed by atoms with Crippen molar-refractivity contribution in [2.45, 2.75) is 25.7 Å². The van der Waals surface area contributed by atoms with E-state index in [-0.39, 0.29) is 16.7 Å². The van der Waals surface area contributed by atoms with Gasteiger partial charge in [-0.25, -0.2) is 8.42 Å². The quantitative estimate of drug-likeness (QED) is 0.388. The zero-order valence-electron chi connectivity index (χ0n) is 19.8. The molecule has 3 aromatic rings. The maximum Gasteiger partial charge on any atom is 0.264 e. The molecule has 3 rings (SSSR count). The van der Waals surface area contributed by atoms with E-state index in [9.17, 15) is 18.0 Å². The second-order valence-electron chi connectivity index (χ2n) is 8.50. The Hall–Kier alpha value is -3.17. The summed E-state index contributed by atoms with van der Waals surface area (Å²) in [5.74, 6) is -0.619. The lowest BCUT2D eigenvalue weighted by Crippen LogP contribution is -2.38. The van der Waals surface area contributed by atoms with E-state index in [1.165, 1.54) is 12.1 Å². The van der Waals surface area contributed by atoms with Crippen molar-refractivity contribution in [1.82, 2.24) is 5.32 Å². The van der Waals surface area contributed by atoms with E-state index < -0.39 is 22.5 Å². The highest BCUT2D eigenvalue weighted by atomic mass is 79.9. The summed E-state index contributed by atoms with van der Waals surface area (Å²) in [6.45, 7) is 5.86. The Morgan fingerprint density at radius 3 is 2.20 bits per heavy atom. The van der Waals surface area contributed by atoms with Crippen LogP contribution < -0.4 is 14.9 Å². The number of hydrogen-bond acceptors (Lipinski definition) is 4. The molecule has 0 atom stereocenters. The number of carbonyl (C=O) groups is 2. The summed E-state index contributed by atoms with van der Waals surface area (Å²) in [6.07, 6.45) is 0. The van der Waals surface area contributed by atoms with Gasteiger partial charge in [0.1, 0.15) is 6.54 Å². The molecule has 0 saturated heterocycles. The number of sulfonamides is 1. The third-order valence-electron chi connectivity index (χ3n) is 5.13. The molecule has 0 bridgehead atoms. The van der Waals surface area contributed by atoms with Gasteiger partial charge in [0, 0.05) is 11.0 Å². The Kier molecular flexibility index (Phi) is 8.69. The third kappa shape index (κ3) is 6.93. The van der Waals surface area contributed by atoms with E-state index in [1.54, 1.807) is 60.7 Å². The maximum atomic E-state index is 13.5.